The highest BCUT2D eigenvalue weighted by atomic mass is 79.9. The molecule has 1 heterocycles. The summed E-state index contributed by atoms with van der Waals surface area (Å²) in [5.74, 6) is -0.982. The number of aromatic nitrogens is 1. The fraction of sp³-hybridized carbons (Fsp3) is 0. The van der Waals surface area contributed by atoms with Crippen LogP contribution in [0.1, 0.15) is 10.5 Å². The fourth-order valence-corrected chi connectivity index (χ4v) is 1.88. The highest BCUT2D eigenvalue weighted by Gasteiger charge is 2.10. The Kier molecular flexibility index (Phi) is 2.25. The first-order valence-electron chi connectivity index (χ1n) is 3.79. The molecule has 14 heavy (non-hydrogen) atoms. The van der Waals surface area contributed by atoms with E-state index in [4.69, 9.17) is 16.7 Å². The zero-order chi connectivity index (χ0) is 10.3. The van der Waals surface area contributed by atoms with Crippen molar-refractivity contribution in [3.05, 3.63) is 33.4 Å². The van der Waals surface area contributed by atoms with E-state index in [0.29, 0.717) is 9.50 Å². The molecule has 0 aliphatic carbocycles. The van der Waals surface area contributed by atoms with Gasteiger partial charge in [-0.2, -0.15) is 0 Å². The number of carboxylic acids is 1. The van der Waals surface area contributed by atoms with Crippen molar-refractivity contribution in [1.29, 1.82) is 0 Å². The van der Waals surface area contributed by atoms with Gasteiger partial charge in [0.05, 0.1) is 5.02 Å². The van der Waals surface area contributed by atoms with Crippen LogP contribution in [0.5, 0.6) is 0 Å². The number of halogens is 2. The molecule has 2 rings (SSSR count). The van der Waals surface area contributed by atoms with E-state index in [9.17, 15) is 4.79 Å². The summed E-state index contributed by atoms with van der Waals surface area (Å²) in [6, 6.07) is 5.00. The number of rotatable bonds is 1. The van der Waals surface area contributed by atoms with E-state index in [-0.39, 0.29) is 5.69 Å². The van der Waals surface area contributed by atoms with E-state index in [1.165, 1.54) is 0 Å². The van der Waals surface area contributed by atoms with Gasteiger partial charge in [-0.25, -0.2) is 4.79 Å². The molecule has 0 saturated carbocycles. The average Bonchev–Trinajstić information content (AvgIpc) is 2.56. The van der Waals surface area contributed by atoms with E-state index in [1.807, 2.05) is 0 Å². The number of aromatic amines is 1. The number of hydrogen-bond acceptors (Lipinski definition) is 1. The minimum Gasteiger partial charge on any atom is -0.477 e. The summed E-state index contributed by atoms with van der Waals surface area (Å²) in [6.07, 6.45) is 0. The quantitative estimate of drug-likeness (QED) is 0.838. The van der Waals surface area contributed by atoms with Crippen molar-refractivity contribution in [3.63, 3.8) is 0 Å². The molecule has 0 unspecified atom stereocenters. The molecule has 72 valence electrons. The highest BCUT2D eigenvalue weighted by molar-refractivity contribution is 9.10. The third-order valence-electron chi connectivity index (χ3n) is 1.92. The maximum atomic E-state index is 10.7. The smallest absolute Gasteiger partial charge is 0.352 e. The average molecular weight is 275 g/mol. The van der Waals surface area contributed by atoms with Crippen LogP contribution in [0.4, 0.5) is 0 Å². The molecule has 2 N–H and O–H groups in total. The summed E-state index contributed by atoms with van der Waals surface area (Å²) in [5, 5.41) is 10.1. The van der Waals surface area contributed by atoms with Gasteiger partial charge < -0.3 is 10.1 Å². The summed E-state index contributed by atoms with van der Waals surface area (Å²) < 4.78 is 0.709. The molecule has 0 atom stereocenters. The van der Waals surface area contributed by atoms with E-state index < -0.39 is 5.97 Å². The normalized spacial score (nSPS) is 10.7. The minimum atomic E-state index is -0.982. The van der Waals surface area contributed by atoms with Crippen molar-refractivity contribution >= 4 is 44.4 Å². The second kappa shape index (κ2) is 3.29. The molecule has 0 bridgehead atoms. The lowest BCUT2D eigenvalue weighted by atomic mass is 10.2. The third-order valence-corrected chi connectivity index (χ3v) is 3.32. The van der Waals surface area contributed by atoms with Crippen molar-refractivity contribution in [2.24, 2.45) is 0 Å². The Morgan fingerprint density at radius 1 is 1.50 bits per heavy atom. The van der Waals surface area contributed by atoms with Crippen LogP contribution in [0.3, 0.4) is 0 Å². The van der Waals surface area contributed by atoms with Crippen molar-refractivity contribution in [2.45, 2.75) is 0 Å². The second-order valence-electron chi connectivity index (χ2n) is 2.81. The van der Waals surface area contributed by atoms with Crippen LogP contribution in [-0.2, 0) is 0 Å². The molecule has 0 aliphatic heterocycles. The van der Waals surface area contributed by atoms with Crippen LogP contribution in [-0.4, -0.2) is 16.1 Å². The largest absolute Gasteiger partial charge is 0.477 e. The van der Waals surface area contributed by atoms with Crippen LogP contribution in [0.15, 0.2) is 22.7 Å². The molecule has 1 aromatic heterocycles. The Morgan fingerprint density at radius 3 is 2.86 bits per heavy atom. The zero-order valence-corrected chi connectivity index (χ0v) is 9.19. The van der Waals surface area contributed by atoms with Crippen LogP contribution in [0.25, 0.3) is 10.9 Å². The third kappa shape index (κ3) is 1.40. The minimum absolute atomic E-state index is 0.156. The molecule has 3 nitrogen and oxygen atoms in total. The Bertz CT molecular complexity index is 521. The predicted octanol–water partition coefficient (Wildman–Crippen LogP) is 3.28. The molecule has 0 saturated heterocycles. The summed E-state index contributed by atoms with van der Waals surface area (Å²) in [7, 11) is 0. The van der Waals surface area contributed by atoms with Gasteiger partial charge in [0.2, 0.25) is 0 Å². The SMILES string of the molecule is O=C(O)c1cc2c(Br)c(Cl)ccc2[nH]1. The van der Waals surface area contributed by atoms with Gasteiger partial charge in [-0.05, 0) is 34.1 Å². The molecule has 0 aliphatic rings. The molecule has 0 fully saturated rings. The van der Waals surface area contributed by atoms with E-state index in [0.717, 1.165) is 10.9 Å². The fourth-order valence-electron chi connectivity index (χ4n) is 1.26. The Morgan fingerprint density at radius 2 is 2.21 bits per heavy atom. The number of carboxylic acid groups (broad SMARTS) is 1. The monoisotopic (exact) mass is 273 g/mol. The molecule has 1 aromatic carbocycles. The van der Waals surface area contributed by atoms with Gasteiger partial charge in [0, 0.05) is 15.4 Å². The van der Waals surface area contributed by atoms with Crippen molar-refractivity contribution < 1.29 is 9.90 Å². The lowest BCUT2D eigenvalue weighted by Crippen LogP contribution is -1.94. The summed E-state index contributed by atoms with van der Waals surface area (Å²) >= 11 is 9.17. The number of nitrogens with one attached hydrogen (secondary N) is 1. The van der Waals surface area contributed by atoms with Gasteiger partial charge in [-0.3, -0.25) is 0 Å². The summed E-state index contributed by atoms with van der Waals surface area (Å²) in [5.41, 5.74) is 0.904. The maximum absolute atomic E-state index is 10.7. The Labute approximate surface area is 92.8 Å². The number of carbonyl (C=O) groups is 1. The number of benzene rings is 1. The van der Waals surface area contributed by atoms with Crippen molar-refractivity contribution in [2.75, 3.05) is 0 Å². The highest BCUT2D eigenvalue weighted by Crippen LogP contribution is 2.31. The van der Waals surface area contributed by atoms with Crippen LogP contribution in [0.2, 0.25) is 5.02 Å². The maximum Gasteiger partial charge on any atom is 0.352 e. The molecule has 0 radical (unpaired) electrons. The number of aromatic carboxylic acids is 1. The van der Waals surface area contributed by atoms with E-state index in [1.54, 1.807) is 18.2 Å². The molecule has 5 heteroatoms. The van der Waals surface area contributed by atoms with E-state index >= 15 is 0 Å². The number of H-pyrrole nitrogens is 1. The molecule has 2 aromatic rings. The first kappa shape index (κ1) is 9.55. The number of hydrogen-bond donors (Lipinski definition) is 2. The van der Waals surface area contributed by atoms with Gasteiger partial charge in [-0.15, -0.1) is 0 Å². The molecule has 0 amide bonds. The van der Waals surface area contributed by atoms with Crippen LogP contribution < -0.4 is 0 Å². The van der Waals surface area contributed by atoms with Crippen LogP contribution in [0, 0.1) is 0 Å². The molecular formula is C9H5BrClNO2. The first-order valence-corrected chi connectivity index (χ1v) is 4.96. The van der Waals surface area contributed by atoms with Crippen molar-refractivity contribution in [1.82, 2.24) is 4.98 Å². The van der Waals surface area contributed by atoms with Gasteiger partial charge in [-0.1, -0.05) is 11.6 Å². The van der Waals surface area contributed by atoms with Crippen molar-refractivity contribution in [3.8, 4) is 0 Å². The van der Waals surface area contributed by atoms with Crippen LogP contribution >= 0.6 is 27.5 Å². The summed E-state index contributed by atoms with van der Waals surface area (Å²) in [6.45, 7) is 0. The van der Waals surface area contributed by atoms with E-state index in [2.05, 4.69) is 20.9 Å². The zero-order valence-electron chi connectivity index (χ0n) is 6.84. The predicted molar refractivity (Wildman–Crippen MR) is 58.0 cm³/mol. The van der Waals surface area contributed by atoms with Gasteiger partial charge in [0.15, 0.2) is 0 Å². The van der Waals surface area contributed by atoms with Gasteiger partial charge in [0.25, 0.3) is 0 Å². The number of fused-ring (bicyclic) bond motifs is 1. The molecule has 0 spiro atoms. The topological polar surface area (TPSA) is 53.1 Å². The van der Waals surface area contributed by atoms with Gasteiger partial charge in [0.1, 0.15) is 5.69 Å². The molecular weight excluding hydrogens is 269 g/mol. The first-order chi connectivity index (χ1) is 6.59. The Balaban J connectivity index is 2.77. The Hall–Kier alpha value is -1.00. The standard InChI is InChI=1S/C9H5BrClNO2/c10-8-4-3-7(9(13)14)12-6(4)2-1-5(8)11/h1-3,12H,(H,13,14). The second-order valence-corrected chi connectivity index (χ2v) is 4.01. The lowest BCUT2D eigenvalue weighted by Gasteiger charge is -1.95. The van der Waals surface area contributed by atoms with Gasteiger partial charge >= 0.3 is 5.97 Å². The lowest BCUT2D eigenvalue weighted by molar-refractivity contribution is 0.0691. The summed E-state index contributed by atoms with van der Waals surface area (Å²) in [4.78, 5) is 13.5.